The van der Waals surface area contributed by atoms with Crippen molar-refractivity contribution in [3.05, 3.63) is 40.3 Å². The molecule has 0 aliphatic rings. The van der Waals surface area contributed by atoms with Crippen LogP contribution in [0.4, 0.5) is 0 Å². The van der Waals surface area contributed by atoms with E-state index in [0.717, 1.165) is 17.0 Å². The summed E-state index contributed by atoms with van der Waals surface area (Å²) in [5.41, 5.74) is 2.44. The second kappa shape index (κ2) is 4.50. The van der Waals surface area contributed by atoms with Crippen LogP contribution in [-0.2, 0) is 9.84 Å². The Bertz CT molecular complexity index is 555. The number of benzene rings is 1. The summed E-state index contributed by atoms with van der Waals surface area (Å²) in [5, 5.41) is 9.30. The standard InChI is InChI=1S/C12H13NO2S/c1-9-7-10(2)12(11(3)8-9)16(14,15)6-4-5-13/h4,6-8H,1-3H3/b6-4+. The Morgan fingerprint density at radius 1 is 1.19 bits per heavy atom. The van der Waals surface area contributed by atoms with Gasteiger partial charge in [0, 0.05) is 11.5 Å². The molecule has 0 bridgehead atoms. The van der Waals surface area contributed by atoms with Crippen molar-refractivity contribution >= 4 is 9.84 Å². The molecule has 0 saturated carbocycles. The number of allylic oxidation sites excluding steroid dienone is 1. The molecule has 16 heavy (non-hydrogen) atoms. The predicted octanol–water partition coefficient (Wildman–Crippen LogP) is 2.42. The van der Waals surface area contributed by atoms with Crippen LogP contribution in [0.3, 0.4) is 0 Å². The van der Waals surface area contributed by atoms with E-state index in [4.69, 9.17) is 5.26 Å². The van der Waals surface area contributed by atoms with Gasteiger partial charge in [-0.05, 0) is 31.9 Å². The highest BCUT2D eigenvalue weighted by molar-refractivity contribution is 7.94. The van der Waals surface area contributed by atoms with E-state index < -0.39 is 9.84 Å². The Morgan fingerprint density at radius 2 is 1.69 bits per heavy atom. The molecule has 0 N–H and O–H groups in total. The van der Waals surface area contributed by atoms with Crippen LogP contribution in [-0.4, -0.2) is 8.42 Å². The topological polar surface area (TPSA) is 57.9 Å². The van der Waals surface area contributed by atoms with Crippen LogP contribution in [0, 0.1) is 32.1 Å². The van der Waals surface area contributed by atoms with Crippen LogP contribution in [0.15, 0.2) is 28.5 Å². The molecule has 0 heterocycles. The number of aryl methyl sites for hydroxylation is 3. The van der Waals surface area contributed by atoms with E-state index in [1.54, 1.807) is 19.9 Å². The third-order valence-electron chi connectivity index (χ3n) is 2.21. The van der Waals surface area contributed by atoms with Crippen LogP contribution in [0.5, 0.6) is 0 Å². The second-order valence-electron chi connectivity index (χ2n) is 3.70. The predicted molar refractivity (Wildman–Crippen MR) is 62.6 cm³/mol. The first-order valence-corrected chi connectivity index (χ1v) is 6.32. The maximum Gasteiger partial charge on any atom is 0.201 e. The molecule has 0 spiro atoms. The maximum atomic E-state index is 11.9. The van der Waals surface area contributed by atoms with Crippen LogP contribution < -0.4 is 0 Å². The molecule has 0 aromatic heterocycles. The molecule has 0 fully saturated rings. The summed E-state index contributed by atoms with van der Waals surface area (Å²) in [4.78, 5) is 0.296. The number of nitriles is 1. The van der Waals surface area contributed by atoms with Gasteiger partial charge in [0.05, 0.1) is 11.0 Å². The van der Waals surface area contributed by atoms with Gasteiger partial charge in [-0.2, -0.15) is 5.26 Å². The molecule has 0 unspecified atom stereocenters. The van der Waals surface area contributed by atoms with Crippen LogP contribution in [0.25, 0.3) is 0 Å². The summed E-state index contributed by atoms with van der Waals surface area (Å²) in [5.74, 6) is 0. The highest BCUT2D eigenvalue weighted by Crippen LogP contribution is 2.23. The van der Waals surface area contributed by atoms with Gasteiger partial charge in [-0.15, -0.1) is 0 Å². The van der Waals surface area contributed by atoms with Gasteiger partial charge in [-0.1, -0.05) is 17.7 Å². The van der Waals surface area contributed by atoms with Gasteiger partial charge in [0.1, 0.15) is 0 Å². The van der Waals surface area contributed by atoms with E-state index >= 15 is 0 Å². The third-order valence-corrected chi connectivity index (χ3v) is 3.92. The Morgan fingerprint density at radius 3 is 2.12 bits per heavy atom. The van der Waals surface area contributed by atoms with Gasteiger partial charge in [0.15, 0.2) is 0 Å². The first-order valence-electron chi connectivity index (χ1n) is 4.77. The monoisotopic (exact) mass is 235 g/mol. The Balaban J connectivity index is 3.47. The molecule has 1 aromatic rings. The van der Waals surface area contributed by atoms with Crippen molar-refractivity contribution in [1.29, 1.82) is 5.26 Å². The minimum atomic E-state index is -3.50. The zero-order chi connectivity index (χ0) is 12.3. The van der Waals surface area contributed by atoms with Crippen molar-refractivity contribution in [1.82, 2.24) is 0 Å². The number of sulfone groups is 1. The molecular formula is C12H13NO2S. The van der Waals surface area contributed by atoms with Crippen LogP contribution in [0.2, 0.25) is 0 Å². The molecule has 3 nitrogen and oxygen atoms in total. The van der Waals surface area contributed by atoms with Crippen molar-refractivity contribution < 1.29 is 8.42 Å². The molecule has 0 aliphatic carbocycles. The number of nitrogens with zero attached hydrogens (tertiary/aromatic N) is 1. The van der Waals surface area contributed by atoms with Crippen molar-refractivity contribution in [2.75, 3.05) is 0 Å². The van der Waals surface area contributed by atoms with Crippen LogP contribution >= 0.6 is 0 Å². The van der Waals surface area contributed by atoms with Crippen LogP contribution in [0.1, 0.15) is 16.7 Å². The minimum Gasteiger partial charge on any atom is -0.219 e. The summed E-state index contributed by atoms with van der Waals surface area (Å²) < 4.78 is 23.8. The fourth-order valence-electron chi connectivity index (χ4n) is 1.80. The lowest BCUT2D eigenvalue weighted by molar-refractivity contribution is 0.603. The molecule has 0 atom stereocenters. The lowest BCUT2D eigenvalue weighted by atomic mass is 10.1. The molecule has 0 aliphatic heterocycles. The molecule has 0 amide bonds. The molecular weight excluding hydrogens is 222 g/mol. The molecule has 0 saturated heterocycles. The van der Waals surface area contributed by atoms with Crippen molar-refractivity contribution in [2.24, 2.45) is 0 Å². The van der Waals surface area contributed by atoms with E-state index in [1.807, 2.05) is 19.1 Å². The van der Waals surface area contributed by atoms with Gasteiger partial charge in [0.2, 0.25) is 9.84 Å². The smallest absolute Gasteiger partial charge is 0.201 e. The average molecular weight is 235 g/mol. The normalized spacial score (nSPS) is 11.6. The Hall–Kier alpha value is -1.60. The average Bonchev–Trinajstić information content (AvgIpc) is 2.12. The van der Waals surface area contributed by atoms with Crippen molar-refractivity contribution in [3.8, 4) is 6.07 Å². The fourth-order valence-corrected chi connectivity index (χ4v) is 3.20. The van der Waals surface area contributed by atoms with E-state index in [1.165, 1.54) is 0 Å². The van der Waals surface area contributed by atoms with E-state index in [2.05, 4.69) is 0 Å². The number of rotatable bonds is 2. The molecule has 1 aromatic carbocycles. The SMILES string of the molecule is Cc1cc(C)c(S(=O)(=O)/C=C/C#N)c(C)c1. The summed E-state index contributed by atoms with van der Waals surface area (Å²) in [6.07, 6.45) is 0.980. The van der Waals surface area contributed by atoms with Gasteiger partial charge in [0.25, 0.3) is 0 Å². The quantitative estimate of drug-likeness (QED) is 0.740. The maximum absolute atomic E-state index is 11.9. The highest BCUT2D eigenvalue weighted by atomic mass is 32.2. The van der Waals surface area contributed by atoms with E-state index in [0.29, 0.717) is 16.0 Å². The number of hydrogen-bond acceptors (Lipinski definition) is 3. The van der Waals surface area contributed by atoms with Gasteiger partial charge >= 0.3 is 0 Å². The van der Waals surface area contributed by atoms with Gasteiger partial charge in [-0.3, -0.25) is 0 Å². The van der Waals surface area contributed by atoms with Crippen molar-refractivity contribution in [2.45, 2.75) is 25.7 Å². The zero-order valence-electron chi connectivity index (χ0n) is 9.48. The second-order valence-corrected chi connectivity index (χ2v) is 5.48. The molecule has 4 heteroatoms. The first-order chi connectivity index (χ1) is 7.38. The van der Waals surface area contributed by atoms with Crippen molar-refractivity contribution in [3.63, 3.8) is 0 Å². The minimum absolute atomic E-state index is 0.296. The summed E-state index contributed by atoms with van der Waals surface area (Å²) in [7, 11) is -3.50. The van der Waals surface area contributed by atoms with E-state index in [-0.39, 0.29) is 0 Å². The lowest BCUT2D eigenvalue weighted by Gasteiger charge is -2.09. The summed E-state index contributed by atoms with van der Waals surface area (Å²) in [6, 6.07) is 5.32. The fraction of sp³-hybridized carbons (Fsp3) is 0.250. The van der Waals surface area contributed by atoms with E-state index in [9.17, 15) is 8.42 Å². The first kappa shape index (κ1) is 12.5. The molecule has 0 radical (unpaired) electrons. The summed E-state index contributed by atoms with van der Waals surface area (Å²) in [6.45, 7) is 5.43. The highest BCUT2D eigenvalue weighted by Gasteiger charge is 2.16. The summed E-state index contributed by atoms with van der Waals surface area (Å²) >= 11 is 0. The zero-order valence-corrected chi connectivity index (χ0v) is 10.3. The largest absolute Gasteiger partial charge is 0.219 e. The third kappa shape index (κ3) is 2.50. The molecule has 1 rings (SSSR count). The Kier molecular flexibility index (Phi) is 3.51. The lowest BCUT2D eigenvalue weighted by Crippen LogP contribution is -2.02. The molecule has 84 valence electrons. The Labute approximate surface area is 95.9 Å². The number of hydrogen-bond donors (Lipinski definition) is 0. The van der Waals surface area contributed by atoms with Gasteiger partial charge < -0.3 is 0 Å². The van der Waals surface area contributed by atoms with Gasteiger partial charge in [-0.25, -0.2) is 8.42 Å².